The van der Waals surface area contributed by atoms with Crippen LogP contribution in [0.3, 0.4) is 0 Å². The number of aryl methyl sites for hydroxylation is 1. The van der Waals surface area contributed by atoms with Gasteiger partial charge < -0.3 is 4.74 Å². The van der Waals surface area contributed by atoms with Crippen molar-refractivity contribution in [1.82, 2.24) is 4.98 Å². The highest BCUT2D eigenvalue weighted by Gasteiger charge is 2.15. The number of carbonyl (C=O) groups is 1. The normalized spacial score (nSPS) is 11.5. The Morgan fingerprint density at radius 2 is 2.25 bits per heavy atom. The number of thiazole rings is 1. The molecule has 0 aliphatic heterocycles. The van der Waals surface area contributed by atoms with Gasteiger partial charge in [-0.3, -0.25) is 4.79 Å². The Morgan fingerprint density at radius 1 is 1.56 bits per heavy atom. The molecule has 0 saturated heterocycles. The third-order valence-electron chi connectivity index (χ3n) is 1.55. The van der Waals surface area contributed by atoms with Crippen LogP contribution in [0, 0.1) is 6.92 Å². The van der Waals surface area contributed by atoms with Crippen molar-refractivity contribution in [3.05, 3.63) is 11.1 Å². The number of nitrogens with zero attached hydrogens (tertiary/aromatic N) is 1. The van der Waals surface area contributed by atoms with E-state index in [1.807, 2.05) is 33.1 Å². The molecule has 0 aromatic carbocycles. The molecule has 0 unspecified atom stereocenters. The van der Waals surface area contributed by atoms with Gasteiger partial charge in [-0.2, -0.15) is 0 Å². The fourth-order valence-electron chi connectivity index (χ4n) is 1.01. The molecule has 0 spiro atoms. The smallest absolute Gasteiger partial charge is 0.307 e. The minimum atomic E-state index is -0.389. The fourth-order valence-corrected chi connectivity index (χ4v) is 2.85. The van der Waals surface area contributed by atoms with E-state index in [1.165, 1.54) is 0 Å². The molecular weight excluding hydrogens is 242 g/mol. The van der Waals surface area contributed by atoms with E-state index in [9.17, 15) is 4.79 Å². The summed E-state index contributed by atoms with van der Waals surface area (Å²) in [5, 5.41) is 2.01. The Labute approximate surface area is 105 Å². The maximum atomic E-state index is 11.4. The lowest BCUT2D eigenvalue weighted by Gasteiger charge is -2.19. The minimum absolute atomic E-state index is 0.145. The standard InChI is InChI=1S/C11H17NO2S2/c1-8-7-16-10(12-8)15-6-5-9(13)14-11(2,3)4/h7H,5-6H2,1-4H3. The summed E-state index contributed by atoms with van der Waals surface area (Å²) < 4.78 is 6.23. The van der Waals surface area contributed by atoms with Gasteiger partial charge in [-0.15, -0.1) is 11.3 Å². The first kappa shape index (κ1) is 13.5. The van der Waals surface area contributed by atoms with Gasteiger partial charge in [0.15, 0.2) is 0 Å². The second-order valence-electron chi connectivity index (χ2n) is 4.44. The SMILES string of the molecule is Cc1csc(SCCC(=O)OC(C)(C)C)n1. The lowest BCUT2D eigenvalue weighted by Crippen LogP contribution is -2.23. The molecule has 90 valence electrons. The molecule has 0 fully saturated rings. The predicted octanol–water partition coefficient (Wildman–Crippen LogP) is 3.28. The highest BCUT2D eigenvalue weighted by molar-refractivity contribution is 8.01. The van der Waals surface area contributed by atoms with Crippen molar-refractivity contribution in [2.75, 3.05) is 5.75 Å². The van der Waals surface area contributed by atoms with Gasteiger partial charge in [0.1, 0.15) is 9.94 Å². The van der Waals surface area contributed by atoms with E-state index in [-0.39, 0.29) is 11.6 Å². The van der Waals surface area contributed by atoms with E-state index in [1.54, 1.807) is 23.1 Å². The molecule has 0 aliphatic rings. The molecule has 0 atom stereocenters. The summed E-state index contributed by atoms with van der Waals surface area (Å²) in [6, 6.07) is 0. The van der Waals surface area contributed by atoms with Gasteiger partial charge in [-0.25, -0.2) is 4.98 Å². The van der Waals surface area contributed by atoms with Crippen molar-refractivity contribution in [2.45, 2.75) is 44.1 Å². The second-order valence-corrected chi connectivity index (χ2v) is 6.64. The van der Waals surface area contributed by atoms with Gasteiger partial charge >= 0.3 is 5.97 Å². The van der Waals surface area contributed by atoms with E-state index < -0.39 is 0 Å². The number of carbonyl (C=O) groups excluding carboxylic acids is 1. The molecular formula is C11H17NO2S2. The molecule has 3 nitrogen and oxygen atoms in total. The minimum Gasteiger partial charge on any atom is -0.460 e. The van der Waals surface area contributed by atoms with Crippen LogP contribution in [0.5, 0.6) is 0 Å². The number of hydrogen-bond donors (Lipinski definition) is 0. The zero-order valence-electron chi connectivity index (χ0n) is 10.1. The first-order valence-corrected chi connectivity index (χ1v) is 7.00. The largest absolute Gasteiger partial charge is 0.460 e. The molecule has 1 heterocycles. The average Bonchev–Trinajstić information content (AvgIpc) is 2.48. The molecule has 1 aromatic rings. The molecule has 0 saturated carbocycles. The third-order valence-corrected chi connectivity index (χ3v) is 3.69. The Kier molecular flexibility index (Phi) is 4.80. The van der Waals surface area contributed by atoms with Crippen molar-refractivity contribution in [2.24, 2.45) is 0 Å². The van der Waals surface area contributed by atoms with Gasteiger partial charge in [0.25, 0.3) is 0 Å². The summed E-state index contributed by atoms with van der Waals surface area (Å²) >= 11 is 3.22. The summed E-state index contributed by atoms with van der Waals surface area (Å²) in [6.45, 7) is 7.60. The van der Waals surface area contributed by atoms with Gasteiger partial charge in [-0.05, 0) is 27.7 Å². The predicted molar refractivity (Wildman–Crippen MR) is 68.0 cm³/mol. The molecule has 0 aliphatic carbocycles. The Hall–Kier alpha value is -0.550. The summed E-state index contributed by atoms with van der Waals surface area (Å²) in [6.07, 6.45) is 0.431. The second kappa shape index (κ2) is 5.68. The van der Waals surface area contributed by atoms with E-state index in [2.05, 4.69) is 4.98 Å². The first-order valence-electron chi connectivity index (χ1n) is 5.13. The van der Waals surface area contributed by atoms with E-state index in [4.69, 9.17) is 4.74 Å². The van der Waals surface area contributed by atoms with Crippen LogP contribution in [0.25, 0.3) is 0 Å². The highest BCUT2D eigenvalue weighted by Crippen LogP contribution is 2.23. The number of aromatic nitrogens is 1. The molecule has 0 bridgehead atoms. The van der Waals surface area contributed by atoms with Crippen LogP contribution in [-0.4, -0.2) is 22.3 Å². The summed E-state index contributed by atoms with van der Waals surface area (Å²) in [4.78, 5) is 15.7. The van der Waals surface area contributed by atoms with E-state index >= 15 is 0 Å². The zero-order valence-corrected chi connectivity index (χ0v) is 11.7. The maximum Gasteiger partial charge on any atom is 0.307 e. The van der Waals surface area contributed by atoms with Crippen molar-refractivity contribution in [3.63, 3.8) is 0 Å². The van der Waals surface area contributed by atoms with E-state index in [0.717, 1.165) is 15.8 Å². The topological polar surface area (TPSA) is 39.2 Å². The fraction of sp³-hybridized carbons (Fsp3) is 0.636. The van der Waals surface area contributed by atoms with Crippen LogP contribution in [0.4, 0.5) is 0 Å². The highest BCUT2D eigenvalue weighted by atomic mass is 32.2. The van der Waals surface area contributed by atoms with Gasteiger partial charge in [0.2, 0.25) is 0 Å². The molecule has 16 heavy (non-hydrogen) atoms. The molecule has 1 rings (SSSR count). The lowest BCUT2D eigenvalue weighted by atomic mass is 10.2. The Balaban J connectivity index is 2.23. The third kappa shape index (κ3) is 5.51. The average molecular weight is 259 g/mol. The van der Waals surface area contributed by atoms with Crippen LogP contribution in [0.1, 0.15) is 32.9 Å². The van der Waals surface area contributed by atoms with Gasteiger partial charge in [0, 0.05) is 16.8 Å². The first-order chi connectivity index (χ1) is 7.37. The summed E-state index contributed by atoms with van der Waals surface area (Å²) in [5.74, 6) is 0.579. The van der Waals surface area contributed by atoms with Crippen molar-refractivity contribution >= 4 is 29.1 Å². The maximum absolute atomic E-state index is 11.4. The molecule has 1 aromatic heterocycles. The zero-order chi connectivity index (χ0) is 12.2. The number of esters is 1. The van der Waals surface area contributed by atoms with Crippen LogP contribution in [0.2, 0.25) is 0 Å². The number of hydrogen-bond acceptors (Lipinski definition) is 5. The molecule has 0 radical (unpaired) electrons. The van der Waals surface area contributed by atoms with Crippen LogP contribution in [0.15, 0.2) is 9.72 Å². The van der Waals surface area contributed by atoms with Crippen LogP contribution < -0.4 is 0 Å². The molecule has 0 amide bonds. The Morgan fingerprint density at radius 3 is 2.75 bits per heavy atom. The van der Waals surface area contributed by atoms with E-state index in [0.29, 0.717) is 6.42 Å². The van der Waals surface area contributed by atoms with Crippen molar-refractivity contribution in [1.29, 1.82) is 0 Å². The Bertz CT molecular complexity index is 355. The number of rotatable bonds is 4. The molecule has 5 heteroatoms. The van der Waals surface area contributed by atoms with Crippen molar-refractivity contribution in [3.8, 4) is 0 Å². The van der Waals surface area contributed by atoms with Crippen molar-refractivity contribution < 1.29 is 9.53 Å². The van der Waals surface area contributed by atoms with Gasteiger partial charge in [0.05, 0.1) is 6.42 Å². The van der Waals surface area contributed by atoms with Gasteiger partial charge in [-0.1, -0.05) is 11.8 Å². The summed E-state index contributed by atoms with van der Waals surface area (Å²) in [5.41, 5.74) is 0.643. The number of ether oxygens (including phenoxy) is 1. The monoisotopic (exact) mass is 259 g/mol. The quantitative estimate of drug-likeness (QED) is 0.614. The number of thioether (sulfide) groups is 1. The van der Waals surface area contributed by atoms with Crippen LogP contribution in [-0.2, 0) is 9.53 Å². The van der Waals surface area contributed by atoms with Crippen LogP contribution >= 0.6 is 23.1 Å². The lowest BCUT2D eigenvalue weighted by molar-refractivity contribution is -0.154. The summed E-state index contributed by atoms with van der Waals surface area (Å²) in [7, 11) is 0. The molecule has 0 N–H and O–H groups in total.